The highest BCUT2D eigenvalue weighted by Gasteiger charge is 2.25. The molecule has 3 N–H and O–H groups in total. The lowest BCUT2D eigenvalue weighted by molar-refractivity contribution is 0.469. The number of nitrogens with zero attached hydrogens (tertiary/aromatic N) is 7. The summed E-state index contributed by atoms with van der Waals surface area (Å²) in [7, 11) is 0. The Morgan fingerprint density at radius 1 is 1.00 bits per heavy atom. The van der Waals surface area contributed by atoms with Gasteiger partial charge in [-0.1, -0.05) is 17.7 Å². The van der Waals surface area contributed by atoms with Crippen molar-refractivity contribution in [2.75, 3.05) is 5.73 Å². The van der Waals surface area contributed by atoms with Crippen LogP contribution in [-0.4, -0.2) is 39.2 Å². The SMILES string of the molecule is Nc1ncnc2c1c(-c1ccc(O)c3c1CCC3)nn2Cc1nc2cccc(Cl)c2c(=O)n1-n1cccc1. The molecule has 6 aromatic rings. The van der Waals surface area contributed by atoms with Crippen molar-refractivity contribution in [2.45, 2.75) is 25.8 Å². The van der Waals surface area contributed by atoms with Gasteiger partial charge in [0.15, 0.2) is 11.5 Å². The number of anilines is 1. The highest BCUT2D eigenvalue weighted by Crippen LogP contribution is 2.40. The van der Waals surface area contributed by atoms with Gasteiger partial charge in [-0.2, -0.15) is 9.77 Å². The van der Waals surface area contributed by atoms with Crippen LogP contribution >= 0.6 is 11.6 Å². The molecule has 38 heavy (non-hydrogen) atoms. The molecule has 0 amide bonds. The number of phenolic OH excluding ortho intramolecular Hbond substituents is 1. The molecule has 4 aromatic heterocycles. The fourth-order valence-corrected chi connectivity index (χ4v) is 5.65. The Balaban J connectivity index is 1.47. The zero-order valence-electron chi connectivity index (χ0n) is 20.0. The predicted molar refractivity (Wildman–Crippen MR) is 144 cm³/mol. The van der Waals surface area contributed by atoms with Gasteiger partial charge >= 0.3 is 0 Å². The number of hydrogen-bond donors (Lipinski definition) is 2. The molecule has 10 nitrogen and oxygen atoms in total. The third-order valence-corrected chi connectivity index (χ3v) is 7.39. The largest absolute Gasteiger partial charge is 0.508 e. The zero-order chi connectivity index (χ0) is 26.0. The van der Waals surface area contributed by atoms with Crippen LogP contribution in [0.2, 0.25) is 5.02 Å². The topological polar surface area (TPSA) is 130 Å². The highest BCUT2D eigenvalue weighted by molar-refractivity contribution is 6.35. The van der Waals surface area contributed by atoms with Crippen LogP contribution in [0.5, 0.6) is 5.75 Å². The summed E-state index contributed by atoms with van der Waals surface area (Å²) in [6.07, 6.45) is 7.53. The van der Waals surface area contributed by atoms with E-state index < -0.39 is 0 Å². The second kappa shape index (κ2) is 8.42. The van der Waals surface area contributed by atoms with Gasteiger partial charge in [-0.3, -0.25) is 9.47 Å². The van der Waals surface area contributed by atoms with Crippen LogP contribution in [0.3, 0.4) is 0 Å². The minimum absolute atomic E-state index is 0.128. The zero-order valence-corrected chi connectivity index (χ0v) is 20.8. The standard InChI is InChI=1S/C27H21ClN8O2/c28-18-7-4-8-19-22(18)27(38)36(34-11-1-2-12-34)21(32-19)13-35-26-23(25(29)30-14-31-26)24(33-35)17-9-10-20(37)16-6-3-5-15(16)17/h1-2,4,7-12,14,37H,3,5-6,13H2,(H2,29,30,31). The van der Waals surface area contributed by atoms with Gasteiger partial charge in [-0.05, 0) is 66.8 Å². The van der Waals surface area contributed by atoms with Gasteiger partial charge in [-0.15, -0.1) is 0 Å². The van der Waals surface area contributed by atoms with Crippen molar-refractivity contribution in [3.8, 4) is 17.0 Å². The van der Waals surface area contributed by atoms with Gasteiger partial charge in [0.25, 0.3) is 5.56 Å². The number of benzene rings is 2. The second-order valence-corrected chi connectivity index (χ2v) is 9.66. The molecule has 0 aliphatic heterocycles. The van der Waals surface area contributed by atoms with Gasteiger partial charge < -0.3 is 10.8 Å². The number of phenols is 1. The molecule has 11 heteroatoms. The normalized spacial score (nSPS) is 13.0. The molecule has 188 valence electrons. The fraction of sp³-hybridized carbons (Fsp3) is 0.148. The Hall–Kier alpha value is -4.70. The molecule has 4 heterocycles. The molecule has 0 atom stereocenters. The molecule has 0 spiro atoms. The third-order valence-electron chi connectivity index (χ3n) is 7.08. The Bertz CT molecular complexity index is 1940. The number of halogens is 1. The summed E-state index contributed by atoms with van der Waals surface area (Å²) in [5.74, 6) is 1.03. The van der Waals surface area contributed by atoms with Crippen LogP contribution in [0, 0.1) is 0 Å². The van der Waals surface area contributed by atoms with E-state index in [9.17, 15) is 9.90 Å². The van der Waals surface area contributed by atoms with E-state index in [-0.39, 0.29) is 12.1 Å². The first-order chi connectivity index (χ1) is 18.5. The number of aromatic hydroxyl groups is 1. The summed E-state index contributed by atoms with van der Waals surface area (Å²) in [6, 6.07) is 12.4. The minimum atomic E-state index is -0.297. The molecule has 0 radical (unpaired) electrons. The van der Waals surface area contributed by atoms with Crippen molar-refractivity contribution >= 4 is 39.4 Å². The first-order valence-electron chi connectivity index (χ1n) is 12.2. The first kappa shape index (κ1) is 22.5. The lowest BCUT2D eigenvalue weighted by Crippen LogP contribution is -2.31. The van der Waals surface area contributed by atoms with E-state index in [0.29, 0.717) is 50.0 Å². The number of nitrogen functional groups attached to an aromatic ring is 1. The minimum Gasteiger partial charge on any atom is -0.508 e. The van der Waals surface area contributed by atoms with E-state index >= 15 is 0 Å². The average Bonchev–Trinajstić information content (AvgIpc) is 3.66. The molecule has 0 bridgehead atoms. The van der Waals surface area contributed by atoms with Crippen molar-refractivity contribution in [2.24, 2.45) is 0 Å². The lowest BCUT2D eigenvalue weighted by atomic mass is 9.98. The maximum Gasteiger partial charge on any atom is 0.282 e. The molecule has 0 fully saturated rings. The Morgan fingerprint density at radius 2 is 1.82 bits per heavy atom. The Kier molecular flexibility index (Phi) is 4.98. The summed E-state index contributed by atoms with van der Waals surface area (Å²) >= 11 is 6.40. The van der Waals surface area contributed by atoms with Gasteiger partial charge in [0, 0.05) is 18.0 Å². The van der Waals surface area contributed by atoms with Crippen LogP contribution in [0.4, 0.5) is 5.82 Å². The number of fused-ring (bicyclic) bond motifs is 3. The molecule has 2 aromatic carbocycles. The molecule has 7 rings (SSSR count). The third kappa shape index (κ3) is 3.30. The van der Waals surface area contributed by atoms with Crippen molar-refractivity contribution in [1.82, 2.24) is 34.1 Å². The lowest BCUT2D eigenvalue weighted by Gasteiger charge is -2.15. The molecule has 0 saturated carbocycles. The molecular weight excluding hydrogens is 504 g/mol. The second-order valence-electron chi connectivity index (χ2n) is 9.25. The summed E-state index contributed by atoms with van der Waals surface area (Å²) < 4.78 is 4.83. The van der Waals surface area contributed by atoms with E-state index in [0.717, 1.165) is 36.0 Å². The maximum atomic E-state index is 13.7. The van der Waals surface area contributed by atoms with E-state index in [1.54, 1.807) is 46.0 Å². The Labute approximate surface area is 220 Å². The molecule has 0 unspecified atom stereocenters. The summed E-state index contributed by atoms with van der Waals surface area (Å²) in [4.78, 5) is 27.2. The Morgan fingerprint density at radius 3 is 2.66 bits per heavy atom. The van der Waals surface area contributed by atoms with E-state index in [1.165, 1.54) is 11.0 Å². The average molecular weight is 525 g/mol. The highest BCUT2D eigenvalue weighted by atomic mass is 35.5. The molecule has 0 saturated heterocycles. The number of aromatic nitrogens is 7. The van der Waals surface area contributed by atoms with Gasteiger partial charge in [0.05, 0.1) is 21.3 Å². The fourth-order valence-electron chi connectivity index (χ4n) is 5.40. The van der Waals surface area contributed by atoms with Crippen LogP contribution in [0.25, 0.3) is 33.2 Å². The molecule has 1 aliphatic rings. The monoisotopic (exact) mass is 524 g/mol. The predicted octanol–water partition coefficient (Wildman–Crippen LogP) is 3.79. The maximum absolute atomic E-state index is 13.7. The number of rotatable bonds is 4. The number of nitrogens with two attached hydrogens (primary N) is 1. The smallest absolute Gasteiger partial charge is 0.282 e. The van der Waals surface area contributed by atoms with Crippen molar-refractivity contribution in [3.63, 3.8) is 0 Å². The first-order valence-corrected chi connectivity index (χ1v) is 12.5. The summed E-state index contributed by atoms with van der Waals surface area (Å²) in [6.45, 7) is 0.128. The number of hydrogen-bond acceptors (Lipinski definition) is 7. The quantitative estimate of drug-likeness (QED) is 0.359. The van der Waals surface area contributed by atoms with Gasteiger partial charge in [0.2, 0.25) is 0 Å². The van der Waals surface area contributed by atoms with Crippen LogP contribution in [-0.2, 0) is 19.4 Å². The molecule has 1 aliphatic carbocycles. The summed E-state index contributed by atoms with van der Waals surface area (Å²) in [5.41, 5.74) is 10.6. The van der Waals surface area contributed by atoms with E-state index in [1.807, 2.05) is 18.2 Å². The van der Waals surface area contributed by atoms with Crippen LogP contribution < -0.4 is 11.3 Å². The van der Waals surface area contributed by atoms with E-state index in [4.69, 9.17) is 27.4 Å². The van der Waals surface area contributed by atoms with Crippen molar-refractivity contribution in [3.05, 3.63) is 93.5 Å². The van der Waals surface area contributed by atoms with E-state index in [2.05, 4.69) is 9.97 Å². The van der Waals surface area contributed by atoms with Crippen LogP contribution in [0.1, 0.15) is 23.4 Å². The van der Waals surface area contributed by atoms with Gasteiger partial charge in [0.1, 0.15) is 30.1 Å². The molecular formula is C27H21ClN8O2. The van der Waals surface area contributed by atoms with Crippen LogP contribution in [0.15, 0.2) is 66.0 Å². The summed E-state index contributed by atoms with van der Waals surface area (Å²) in [5, 5.41) is 16.6. The van der Waals surface area contributed by atoms with Crippen molar-refractivity contribution in [1.29, 1.82) is 0 Å². The van der Waals surface area contributed by atoms with Crippen molar-refractivity contribution < 1.29 is 5.11 Å². The van der Waals surface area contributed by atoms with Gasteiger partial charge in [-0.25, -0.2) is 19.6 Å².